The Balaban J connectivity index is 2.02. The van der Waals surface area contributed by atoms with Gasteiger partial charge in [0.25, 0.3) is 0 Å². The number of anilines is 1. The number of tetrazole rings is 1. The van der Waals surface area contributed by atoms with Crippen LogP contribution in [0.3, 0.4) is 0 Å². The summed E-state index contributed by atoms with van der Waals surface area (Å²) in [5, 5.41) is 14.0. The van der Waals surface area contributed by atoms with Crippen molar-refractivity contribution in [2.24, 2.45) is 0 Å². The second-order valence-corrected chi connectivity index (χ2v) is 7.51. The molecule has 0 atom stereocenters. The lowest BCUT2D eigenvalue weighted by molar-refractivity contribution is -0.113. The molecule has 7 heteroatoms. The zero-order valence-corrected chi connectivity index (χ0v) is 13.4. The summed E-state index contributed by atoms with van der Waals surface area (Å²) in [5.74, 6) is 0.446. The van der Waals surface area contributed by atoms with Gasteiger partial charge in [0.15, 0.2) is 0 Å². The first kappa shape index (κ1) is 15.5. The second-order valence-electron chi connectivity index (χ2n) is 5.70. The van der Waals surface area contributed by atoms with Crippen LogP contribution in [-0.4, -0.2) is 36.6 Å². The lowest BCUT2D eigenvalue weighted by atomic mass is 10.2. The summed E-state index contributed by atoms with van der Waals surface area (Å²) in [6.07, 6.45) is 1.54. The number of aromatic nitrogens is 4. The number of aryl methyl sites for hydroxylation is 1. The molecular formula is C14H19N5OS. The van der Waals surface area contributed by atoms with Gasteiger partial charge in [0.05, 0.1) is 11.4 Å². The SMILES string of the molecule is Cc1cc(NC(=O)CSC(C)(C)C)ccc1-n1cnnn1. The standard InChI is InChI=1S/C14H19N5OS/c1-10-7-11(16-13(20)8-21-14(2,3)4)5-6-12(10)19-9-15-17-18-19/h5-7,9H,8H2,1-4H3,(H,16,20). The average Bonchev–Trinajstić information content (AvgIpc) is 2.89. The van der Waals surface area contributed by atoms with Crippen LogP contribution >= 0.6 is 11.8 Å². The van der Waals surface area contributed by atoms with Gasteiger partial charge in [-0.1, -0.05) is 20.8 Å². The molecule has 0 aliphatic rings. The van der Waals surface area contributed by atoms with Crippen molar-refractivity contribution in [3.63, 3.8) is 0 Å². The molecule has 1 aromatic carbocycles. The van der Waals surface area contributed by atoms with E-state index in [1.165, 1.54) is 0 Å². The Hall–Kier alpha value is -1.89. The van der Waals surface area contributed by atoms with Crippen LogP contribution in [0.25, 0.3) is 5.69 Å². The highest BCUT2D eigenvalue weighted by Gasteiger charge is 2.13. The van der Waals surface area contributed by atoms with Crippen LogP contribution < -0.4 is 5.32 Å². The van der Waals surface area contributed by atoms with Crippen LogP contribution in [-0.2, 0) is 4.79 Å². The number of carbonyl (C=O) groups excluding carboxylic acids is 1. The maximum absolute atomic E-state index is 11.9. The number of rotatable bonds is 4. The van der Waals surface area contributed by atoms with E-state index >= 15 is 0 Å². The average molecular weight is 305 g/mol. The van der Waals surface area contributed by atoms with Crippen molar-refractivity contribution in [3.8, 4) is 5.69 Å². The Morgan fingerprint density at radius 1 is 1.38 bits per heavy atom. The van der Waals surface area contributed by atoms with E-state index in [4.69, 9.17) is 0 Å². The summed E-state index contributed by atoms with van der Waals surface area (Å²) in [6.45, 7) is 8.23. The van der Waals surface area contributed by atoms with Gasteiger partial charge in [-0.25, -0.2) is 4.68 Å². The van der Waals surface area contributed by atoms with Gasteiger partial charge in [-0.3, -0.25) is 4.79 Å². The summed E-state index contributed by atoms with van der Waals surface area (Å²) < 4.78 is 1.67. The fourth-order valence-electron chi connectivity index (χ4n) is 1.74. The molecule has 0 bridgehead atoms. The van der Waals surface area contributed by atoms with Crippen molar-refractivity contribution in [2.75, 3.05) is 11.1 Å². The first-order valence-electron chi connectivity index (χ1n) is 6.63. The van der Waals surface area contributed by atoms with Gasteiger partial charge in [-0.2, -0.15) is 0 Å². The Morgan fingerprint density at radius 3 is 2.71 bits per heavy atom. The molecule has 1 amide bonds. The number of amides is 1. The highest BCUT2D eigenvalue weighted by molar-refractivity contribution is 8.01. The van der Waals surface area contributed by atoms with E-state index in [0.717, 1.165) is 16.9 Å². The molecule has 2 aromatic rings. The maximum Gasteiger partial charge on any atom is 0.234 e. The lowest BCUT2D eigenvalue weighted by Crippen LogP contribution is -2.19. The van der Waals surface area contributed by atoms with Gasteiger partial charge in [0.2, 0.25) is 5.91 Å². The maximum atomic E-state index is 11.9. The highest BCUT2D eigenvalue weighted by Crippen LogP contribution is 2.23. The Morgan fingerprint density at radius 2 is 2.14 bits per heavy atom. The van der Waals surface area contributed by atoms with Crippen LogP contribution in [0.4, 0.5) is 5.69 Å². The van der Waals surface area contributed by atoms with Crippen molar-refractivity contribution in [1.29, 1.82) is 0 Å². The number of carbonyl (C=O) groups is 1. The number of benzene rings is 1. The molecule has 21 heavy (non-hydrogen) atoms. The molecule has 0 aliphatic heterocycles. The lowest BCUT2D eigenvalue weighted by Gasteiger charge is -2.17. The number of nitrogens with one attached hydrogen (secondary N) is 1. The number of hydrogen-bond acceptors (Lipinski definition) is 5. The number of thioether (sulfide) groups is 1. The topological polar surface area (TPSA) is 72.7 Å². The third kappa shape index (κ3) is 4.56. The third-order valence-electron chi connectivity index (χ3n) is 2.71. The molecule has 0 unspecified atom stereocenters. The largest absolute Gasteiger partial charge is 0.325 e. The van der Waals surface area contributed by atoms with Gasteiger partial charge < -0.3 is 5.32 Å². The van der Waals surface area contributed by atoms with Crippen molar-refractivity contribution >= 4 is 23.4 Å². The Bertz CT molecular complexity index is 619. The molecule has 0 saturated heterocycles. The predicted octanol–water partition coefficient (Wildman–Crippen LogP) is 2.44. The van der Waals surface area contributed by atoms with Crippen molar-refractivity contribution in [1.82, 2.24) is 20.2 Å². The monoisotopic (exact) mass is 305 g/mol. The van der Waals surface area contributed by atoms with Gasteiger partial charge in [0.1, 0.15) is 6.33 Å². The molecule has 1 heterocycles. The van der Waals surface area contributed by atoms with Crippen molar-refractivity contribution in [3.05, 3.63) is 30.1 Å². The van der Waals surface area contributed by atoms with Crippen LogP contribution in [0.2, 0.25) is 0 Å². The van der Waals surface area contributed by atoms with E-state index in [9.17, 15) is 4.79 Å². The number of nitrogens with zero attached hydrogens (tertiary/aromatic N) is 4. The predicted molar refractivity (Wildman–Crippen MR) is 84.7 cm³/mol. The van der Waals surface area contributed by atoms with E-state index in [0.29, 0.717) is 5.75 Å². The van der Waals surface area contributed by atoms with E-state index in [1.54, 1.807) is 22.8 Å². The molecule has 0 aliphatic carbocycles. The highest BCUT2D eigenvalue weighted by atomic mass is 32.2. The van der Waals surface area contributed by atoms with Crippen molar-refractivity contribution < 1.29 is 4.79 Å². The zero-order chi connectivity index (χ0) is 15.5. The van der Waals surface area contributed by atoms with Crippen LogP contribution in [0, 0.1) is 6.92 Å². The Labute approximate surface area is 128 Å². The summed E-state index contributed by atoms with van der Waals surface area (Å²) in [6, 6.07) is 5.65. The van der Waals surface area contributed by atoms with E-state index < -0.39 is 0 Å². The quantitative estimate of drug-likeness (QED) is 0.939. The number of hydrogen-bond donors (Lipinski definition) is 1. The summed E-state index contributed by atoms with van der Waals surface area (Å²) in [7, 11) is 0. The first-order chi connectivity index (χ1) is 9.85. The van der Waals surface area contributed by atoms with Crippen LogP contribution in [0.1, 0.15) is 26.3 Å². The van der Waals surface area contributed by atoms with E-state index in [1.807, 2.05) is 25.1 Å². The van der Waals surface area contributed by atoms with Gasteiger partial charge in [0, 0.05) is 10.4 Å². The molecule has 6 nitrogen and oxygen atoms in total. The minimum atomic E-state index is 0.00416. The first-order valence-corrected chi connectivity index (χ1v) is 7.61. The summed E-state index contributed by atoms with van der Waals surface area (Å²) in [4.78, 5) is 11.9. The molecule has 0 saturated carbocycles. The molecule has 1 aromatic heterocycles. The van der Waals surface area contributed by atoms with Crippen LogP contribution in [0.15, 0.2) is 24.5 Å². The molecule has 0 spiro atoms. The van der Waals surface area contributed by atoms with E-state index in [-0.39, 0.29) is 10.7 Å². The van der Waals surface area contributed by atoms with Gasteiger partial charge in [-0.05, 0) is 41.1 Å². The Kier molecular flexibility index (Phi) is 4.62. The van der Waals surface area contributed by atoms with Gasteiger partial charge >= 0.3 is 0 Å². The molecule has 2 rings (SSSR count). The molecular weight excluding hydrogens is 286 g/mol. The summed E-state index contributed by atoms with van der Waals surface area (Å²) in [5.41, 5.74) is 2.66. The molecule has 1 N–H and O–H groups in total. The molecule has 0 radical (unpaired) electrons. The fraction of sp³-hybridized carbons (Fsp3) is 0.429. The second kappa shape index (κ2) is 6.26. The van der Waals surface area contributed by atoms with E-state index in [2.05, 4.69) is 41.6 Å². The van der Waals surface area contributed by atoms with Crippen LogP contribution in [0.5, 0.6) is 0 Å². The normalized spacial score (nSPS) is 11.4. The summed E-state index contributed by atoms with van der Waals surface area (Å²) >= 11 is 1.62. The molecule has 112 valence electrons. The minimum absolute atomic E-state index is 0.00416. The zero-order valence-electron chi connectivity index (χ0n) is 12.6. The smallest absolute Gasteiger partial charge is 0.234 e. The van der Waals surface area contributed by atoms with Gasteiger partial charge in [-0.15, -0.1) is 16.9 Å². The third-order valence-corrected chi connectivity index (χ3v) is 3.99. The molecule has 0 fully saturated rings. The minimum Gasteiger partial charge on any atom is -0.325 e. The van der Waals surface area contributed by atoms with Crippen molar-refractivity contribution in [2.45, 2.75) is 32.4 Å². The fourth-order valence-corrected chi connectivity index (χ4v) is 2.38.